The molecule has 0 amide bonds. The number of halogens is 2. The Morgan fingerprint density at radius 2 is 2.17 bits per heavy atom. The van der Waals surface area contributed by atoms with Gasteiger partial charge in [-0.3, -0.25) is 0 Å². The number of ether oxygens (including phenoxy) is 1. The fraction of sp³-hybridized carbons (Fsp3) is 0.0909. The van der Waals surface area contributed by atoms with Crippen molar-refractivity contribution in [1.29, 1.82) is 0 Å². The first-order chi connectivity index (χ1) is 8.47. The molecule has 0 fully saturated rings. The number of benzene rings is 1. The van der Waals surface area contributed by atoms with Crippen molar-refractivity contribution in [2.24, 2.45) is 0 Å². The Balaban J connectivity index is 2.60. The predicted molar refractivity (Wildman–Crippen MR) is 67.9 cm³/mol. The number of rotatable bonds is 2. The molecule has 0 radical (unpaired) electrons. The van der Waals surface area contributed by atoms with Crippen LogP contribution in [-0.2, 0) is 11.3 Å². The van der Waals surface area contributed by atoms with Gasteiger partial charge in [-0.25, -0.2) is 9.59 Å². The third kappa shape index (κ3) is 2.65. The number of carbonyl (C=O) groups excluding carboxylic acids is 1. The minimum atomic E-state index is -0.964. The first-order valence-electron chi connectivity index (χ1n) is 4.75. The van der Waals surface area contributed by atoms with Crippen LogP contribution in [0.2, 0.25) is 0 Å². The molecule has 1 aromatic carbocycles. The Morgan fingerprint density at radius 1 is 1.44 bits per heavy atom. The second kappa shape index (κ2) is 4.99. The lowest BCUT2D eigenvalue weighted by atomic mass is 10.1. The van der Waals surface area contributed by atoms with Gasteiger partial charge in [-0.05, 0) is 22.0 Å². The molecule has 0 aliphatic carbocycles. The molecule has 0 unspecified atom stereocenters. The fourth-order valence-corrected chi connectivity index (χ4v) is 1.89. The molecular weight excluding hydrogens is 327 g/mol. The van der Waals surface area contributed by atoms with Crippen LogP contribution in [-0.4, -0.2) is 10.5 Å². The molecule has 7 heteroatoms. The molecule has 0 spiro atoms. The van der Waals surface area contributed by atoms with Gasteiger partial charge in [0.05, 0.1) is 4.47 Å². The molecule has 1 heterocycles. The van der Waals surface area contributed by atoms with Gasteiger partial charge in [-0.2, -0.15) is 0 Å². The minimum Gasteiger partial charge on any atom is -0.507 e. The summed E-state index contributed by atoms with van der Waals surface area (Å²) < 4.78 is 10.00. The van der Waals surface area contributed by atoms with Crippen molar-refractivity contribution in [3.63, 3.8) is 0 Å². The van der Waals surface area contributed by atoms with Gasteiger partial charge in [0.1, 0.15) is 17.9 Å². The lowest BCUT2D eigenvalue weighted by molar-refractivity contribution is 0.167. The van der Waals surface area contributed by atoms with Gasteiger partial charge in [0.25, 0.3) is 0 Å². The van der Waals surface area contributed by atoms with Crippen molar-refractivity contribution in [3.8, 4) is 5.75 Å². The molecule has 1 N–H and O–H groups in total. The van der Waals surface area contributed by atoms with Gasteiger partial charge in [0.15, 0.2) is 0 Å². The van der Waals surface area contributed by atoms with E-state index < -0.39 is 11.1 Å². The maximum Gasteiger partial charge on any atom is 0.404 e. The lowest BCUT2D eigenvalue weighted by Gasteiger charge is -2.06. The number of phenolic OH excluding ortho intramolecular Hbond substituents is 1. The van der Waals surface area contributed by atoms with Gasteiger partial charge in [0, 0.05) is 34.7 Å². The highest BCUT2D eigenvalue weighted by molar-refractivity contribution is 9.10. The van der Waals surface area contributed by atoms with Crippen LogP contribution in [0, 0.1) is 0 Å². The highest BCUT2D eigenvalue weighted by atomic mass is 79.9. The largest absolute Gasteiger partial charge is 0.507 e. The molecule has 0 saturated heterocycles. The van der Waals surface area contributed by atoms with Crippen molar-refractivity contribution < 1.29 is 19.1 Å². The first-order valence-corrected chi connectivity index (χ1v) is 5.92. The van der Waals surface area contributed by atoms with Crippen LogP contribution in [0.5, 0.6) is 5.75 Å². The van der Waals surface area contributed by atoms with Crippen LogP contribution < -0.4 is 5.63 Å². The number of hydrogen-bond acceptors (Lipinski definition) is 5. The normalized spacial score (nSPS) is 10.6. The van der Waals surface area contributed by atoms with E-state index in [9.17, 15) is 14.7 Å². The zero-order valence-electron chi connectivity index (χ0n) is 8.78. The highest BCUT2D eigenvalue weighted by Crippen LogP contribution is 2.30. The van der Waals surface area contributed by atoms with Crippen molar-refractivity contribution in [3.05, 3.63) is 38.7 Å². The second-order valence-electron chi connectivity index (χ2n) is 3.42. The third-order valence-corrected chi connectivity index (χ3v) is 2.98. The van der Waals surface area contributed by atoms with Gasteiger partial charge in [-0.1, -0.05) is 0 Å². The molecule has 18 heavy (non-hydrogen) atoms. The predicted octanol–water partition coefficient (Wildman–Crippen LogP) is 3.14. The maximum absolute atomic E-state index is 11.3. The summed E-state index contributed by atoms with van der Waals surface area (Å²) in [5.74, 6) is -0.0582. The third-order valence-electron chi connectivity index (χ3n) is 2.24. The molecule has 2 rings (SSSR count). The number of hydrogen-bond donors (Lipinski definition) is 1. The lowest BCUT2D eigenvalue weighted by Crippen LogP contribution is -2.03. The number of fused-ring (bicyclic) bond motifs is 1. The Hall–Kier alpha value is -1.53. The van der Waals surface area contributed by atoms with Gasteiger partial charge in [-0.15, -0.1) is 0 Å². The number of carbonyl (C=O) groups is 1. The van der Waals surface area contributed by atoms with E-state index in [4.69, 9.17) is 16.0 Å². The first kappa shape index (κ1) is 12.9. The smallest absolute Gasteiger partial charge is 0.404 e. The summed E-state index contributed by atoms with van der Waals surface area (Å²) in [6, 6.07) is 4.06. The molecule has 0 aliphatic rings. The van der Waals surface area contributed by atoms with Crippen molar-refractivity contribution >= 4 is 43.9 Å². The van der Waals surface area contributed by atoms with Gasteiger partial charge >= 0.3 is 11.1 Å². The van der Waals surface area contributed by atoms with Gasteiger partial charge < -0.3 is 14.3 Å². The summed E-state index contributed by atoms with van der Waals surface area (Å²) in [7, 11) is 0. The average Bonchev–Trinajstić information content (AvgIpc) is 2.28. The summed E-state index contributed by atoms with van der Waals surface area (Å²) in [4.78, 5) is 21.9. The van der Waals surface area contributed by atoms with Crippen molar-refractivity contribution in [2.75, 3.05) is 0 Å². The van der Waals surface area contributed by atoms with Crippen LogP contribution in [0.3, 0.4) is 0 Å². The zero-order chi connectivity index (χ0) is 13.3. The number of aromatic hydroxyl groups is 1. The standard InChI is InChI=1S/C11H6BrClO5/c12-7-2-6-5(4-17-11(13)16)1-10(15)18-9(6)3-8(7)14/h1-3,14H,4H2. The van der Waals surface area contributed by atoms with Crippen LogP contribution in [0.1, 0.15) is 5.56 Å². The Labute approximate surface area is 114 Å². The molecule has 94 valence electrons. The van der Waals surface area contributed by atoms with E-state index in [1.165, 1.54) is 12.1 Å². The minimum absolute atomic E-state index is 0.0582. The van der Waals surface area contributed by atoms with E-state index in [1.807, 2.05) is 0 Å². The average molecular weight is 334 g/mol. The molecule has 0 aliphatic heterocycles. The van der Waals surface area contributed by atoms with Crippen molar-refractivity contribution in [1.82, 2.24) is 0 Å². The van der Waals surface area contributed by atoms with E-state index in [2.05, 4.69) is 20.7 Å². The quantitative estimate of drug-likeness (QED) is 0.675. The molecule has 1 aromatic heterocycles. The Morgan fingerprint density at radius 3 is 2.83 bits per heavy atom. The second-order valence-corrected chi connectivity index (χ2v) is 4.58. The molecule has 0 saturated carbocycles. The number of phenols is 1. The molecule has 5 nitrogen and oxygen atoms in total. The summed E-state index contributed by atoms with van der Waals surface area (Å²) in [6.45, 7) is -0.151. The molecule has 0 bridgehead atoms. The van der Waals surface area contributed by atoms with Crippen LogP contribution in [0.4, 0.5) is 4.79 Å². The SMILES string of the molecule is O=C(Cl)OCc1cc(=O)oc2cc(O)c(Br)cc12. The van der Waals surface area contributed by atoms with E-state index in [0.29, 0.717) is 15.4 Å². The molecule has 2 aromatic rings. The zero-order valence-corrected chi connectivity index (χ0v) is 11.1. The van der Waals surface area contributed by atoms with E-state index in [1.54, 1.807) is 6.07 Å². The van der Waals surface area contributed by atoms with E-state index in [0.717, 1.165) is 0 Å². The summed E-state index contributed by atoms with van der Waals surface area (Å²) >= 11 is 8.21. The van der Waals surface area contributed by atoms with Crippen LogP contribution >= 0.6 is 27.5 Å². The fourth-order valence-electron chi connectivity index (χ4n) is 1.49. The maximum atomic E-state index is 11.3. The van der Waals surface area contributed by atoms with E-state index in [-0.39, 0.29) is 17.9 Å². The Bertz CT molecular complexity index is 679. The van der Waals surface area contributed by atoms with Crippen LogP contribution in [0.25, 0.3) is 11.0 Å². The van der Waals surface area contributed by atoms with E-state index >= 15 is 0 Å². The monoisotopic (exact) mass is 332 g/mol. The summed E-state index contributed by atoms with van der Waals surface area (Å²) in [5, 5.41) is 10.0. The van der Waals surface area contributed by atoms with Crippen molar-refractivity contribution in [2.45, 2.75) is 6.61 Å². The molecule has 0 atom stereocenters. The summed E-state index contributed by atoms with van der Waals surface area (Å²) in [6.07, 6.45) is 0. The van der Waals surface area contributed by atoms with Crippen LogP contribution in [0.15, 0.2) is 31.9 Å². The molecular formula is C11H6BrClO5. The van der Waals surface area contributed by atoms with Gasteiger partial charge in [0.2, 0.25) is 0 Å². The highest BCUT2D eigenvalue weighted by Gasteiger charge is 2.10. The summed E-state index contributed by atoms with van der Waals surface area (Å²) in [5.41, 5.74) is -0.932. The topological polar surface area (TPSA) is 76.7 Å². The Kier molecular flexibility index (Phi) is 3.58.